The van der Waals surface area contributed by atoms with Gasteiger partial charge in [-0.15, -0.1) is 0 Å². The molecule has 1 aromatic carbocycles. The van der Waals surface area contributed by atoms with E-state index in [-0.39, 0.29) is 17.0 Å². The van der Waals surface area contributed by atoms with Crippen molar-refractivity contribution in [1.29, 1.82) is 0 Å². The lowest BCUT2D eigenvalue weighted by Gasteiger charge is -2.12. The molecule has 2 aromatic rings. The van der Waals surface area contributed by atoms with Crippen LogP contribution in [0.25, 0.3) is 0 Å². The Hall–Kier alpha value is -2.67. The molecule has 0 bridgehead atoms. The quantitative estimate of drug-likeness (QED) is 0.664. The summed E-state index contributed by atoms with van der Waals surface area (Å²) in [6.07, 6.45) is 3.46. The molecule has 0 radical (unpaired) electrons. The van der Waals surface area contributed by atoms with Crippen molar-refractivity contribution in [2.45, 2.75) is 26.2 Å². The number of H-pyrrole nitrogens is 1. The van der Waals surface area contributed by atoms with E-state index < -0.39 is 11.7 Å². The number of aromatic amines is 1. The molecule has 0 saturated heterocycles. The summed E-state index contributed by atoms with van der Waals surface area (Å²) in [7, 11) is 0. The van der Waals surface area contributed by atoms with Crippen molar-refractivity contribution in [3.8, 4) is 5.75 Å². The number of benzene rings is 1. The second-order valence-electron chi connectivity index (χ2n) is 6.13. The largest absolute Gasteiger partial charge is 0.492 e. The topological polar surface area (TPSA) is 83.2 Å². The van der Waals surface area contributed by atoms with Gasteiger partial charge in [0.15, 0.2) is 5.78 Å². The van der Waals surface area contributed by atoms with Crippen molar-refractivity contribution in [2.75, 3.05) is 25.0 Å². The van der Waals surface area contributed by atoms with Crippen LogP contribution in [0.3, 0.4) is 0 Å². The van der Waals surface area contributed by atoms with Crippen molar-refractivity contribution in [3.63, 3.8) is 0 Å². The molecule has 1 aliphatic rings. The second kappa shape index (κ2) is 8.14. The Labute approximate surface area is 151 Å². The van der Waals surface area contributed by atoms with Crippen molar-refractivity contribution in [1.82, 2.24) is 10.3 Å². The van der Waals surface area contributed by atoms with E-state index in [0.717, 1.165) is 25.1 Å². The third kappa shape index (κ3) is 3.94. The number of ether oxygens (including phenoxy) is 1. The van der Waals surface area contributed by atoms with Gasteiger partial charge >= 0.3 is 0 Å². The van der Waals surface area contributed by atoms with E-state index >= 15 is 0 Å². The maximum absolute atomic E-state index is 14.3. The summed E-state index contributed by atoms with van der Waals surface area (Å²) in [6.45, 7) is 3.93. The minimum Gasteiger partial charge on any atom is -0.492 e. The van der Waals surface area contributed by atoms with E-state index in [4.69, 9.17) is 4.74 Å². The zero-order valence-corrected chi connectivity index (χ0v) is 14.7. The summed E-state index contributed by atoms with van der Waals surface area (Å²) in [4.78, 5) is 27.6. The lowest BCUT2D eigenvalue weighted by Crippen LogP contribution is -2.20. The number of nitrogens with one attached hydrogen (secondary N) is 3. The van der Waals surface area contributed by atoms with Crippen molar-refractivity contribution in [2.24, 2.45) is 0 Å². The molecule has 0 spiro atoms. The summed E-state index contributed by atoms with van der Waals surface area (Å²) in [5.74, 6) is -0.748. The van der Waals surface area contributed by atoms with Gasteiger partial charge < -0.3 is 20.4 Å². The molecule has 7 heteroatoms. The van der Waals surface area contributed by atoms with Crippen LogP contribution < -0.4 is 15.4 Å². The number of ketones is 1. The van der Waals surface area contributed by atoms with E-state index in [1.807, 2.05) is 6.92 Å². The number of hydrogen-bond acceptors (Lipinski definition) is 4. The number of carbonyl (C=O) groups is 2. The van der Waals surface area contributed by atoms with Crippen LogP contribution >= 0.6 is 0 Å². The zero-order valence-electron chi connectivity index (χ0n) is 14.7. The van der Waals surface area contributed by atoms with Gasteiger partial charge in [-0.3, -0.25) is 9.59 Å². The zero-order chi connectivity index (χ0) is 18.5. The monoisotopic (exact) mass is 359 g/mol. The molecule has 1 aromatic heterocycles. The van der Waals surface area contributed by atoms with Gasteiger partial charge in [0.2, 0.25) is 0 Å². The fourth-order valence-corrected chi connectivity index (χ4v) is 3.01. The SMILES string of the molecule is CCNCCOc1ccc(NC(=O)c2c[nH]c3c2C(=O)CCC3)c(F)c1. The Kier molecular flexibility index (Phi) is 5.68. The summed E-state index contributed by atoms with van der Waals surface area (Å²) in [5.41, 5.74) is 1.51. The molecule has 0 aliphatic heterocycles. The molecule has 1 aliphatic carbocycles. The van der Waals surface area contributed by atoms with Gasteiger partial charge in [-0.25, -0.2) is 4.39 Å². The molecule has 3 rings (SSSR count). The van der Waals surface area contributed by atoms with Crippen molar-refractivity contribution in [3.05, 3.63) is 47.0 Å². The highest BCUT2D eigenvalue weighted by Gasteiger charge is 2.26. The van der Waals surface area contributed by atoms with E-state index in [1.165, 1.54) is 18.3 Å². The lowest BCUT2D eigenvalue weighted by molar-refractivity contribution is 0.0956. The first kappa shape index (κ1) is 18.1. The first-order valence-corrected chi connectivity index (χ1v) is 8.78. The van der Waals surface area contributed by atoms with Crippen LogP contribution in [0.5, 0.6) is 5.75 Å². The third-order valence-corrected chi connectivity index (χ3v) is 4.30. The molecule has 1 amide bonds. The van der Waals surface area contributed by atoms with Crippen LogP contribution in [-0.4, -0.2) is 36.4 Å². The highest BCUT2D eigenvalue weighted by Crippen LogP contribution is 2.26. The number of aryl methyl sites for hydroxylation is 1. The smallest absolute Gasteiger partial charge is 0.258 e. The number of anilines is 1. The molecule has 26 heavy (non-hydrogen) atoms. The molecule has 0 fully saturated rings. The fraction of sp³-hybridized carbons (Fsp3) is 0.368. The number of rotatable bonds is 7. The molecule has 138 valence electrons. The predicted octanol–water partition coefficient (Wildman–Crippen LogP) is 2.91. The van der Waals surface area contributed by atoms with Crippen LogP contribution in [0.2, 0.25) is 0 Å². The van der Waals surface area contributed by atoms with Gasteiger partial charge in [-0.2, -0.15) is 0 Å². The van der Waals surface area contributed by atoms with Gasteiger partial charge in [0.05, 0.1) is 16.8 Å². The summed E-state index contributed by atoms with van der Waals surface area (Å²) < 4.78 is 19.7. The summed E-state index contributed by atoms with van der Waals surface area (Å²) in [6, 6.07) is 4.29. The fourth-order valence-electron chi connectivity index (χ4n) is 3.01. The lowest BCUT2D eigenvalue weighted by atomic mass is 9.93. The van der Waals surface area contributed by atoms with Crippen LogP contribution in [0.4, 0.5) is 10.1 Å². The number of fused-ring (bicyclic) bond motifs is 1. The van der Waals surface area contributed by atoms with E-state index in [0.29, 0.717) is 30.9 Å². The predicted molar refractivity (Wildman–Crippen MR) is 96.5 cm³/mol. The third-order valence-electron chi connectivity index (χ3n) is 4.30. The minimum atomic E-state index is -0.588. The van der Waals surface area contributed by atoms with Gasteiger partial charge in [0.25, 0.3) is 5.91 Å². The number of Topliss-reactive ketones (excluding diaryl/α,β-unsaturated/α-hetero) is 1. The molecular weight excluding hydrogens is 337 g/mol. The number of amides is 1. The van der Waals surface area contributed by atoms with Crippen LogP contribution in [0.1, 0.15) is 46.2 Å². The Morgan fingerprint density at radius 1 is 1.35 bits per heavy atom. The standard InChI is InChI=1S/C19H22FN3O3/c1-2-21-8-9-26-12-6-7-15(14(20)10-12)23-19(25)13-11-22-16-4-3-5-17(24)18(13)16/h6-7,10-11,21-22H,2-5,8-9H2,1H3,(H,23,25). The molecule has 0 unspecified atom stereocenters. The Morgan fingerprint density at radius 2 is 2.19 bits per heavy atom. The van der Waals surface area contributed by atoms with Crippen LogP contribution in [-0.2, 0) is 6.42 Å². The average molecular weight is 359 g/mol. The maximum Gasteiger partial charge on any atom is 0.258 e. The Morgan fingerprint density at radius 3 is 2.96 bits per heavy atom. The molecule has 6 nitrogen and oxygen atoms in total. The number of halogens is 1. The van der Waals surface area contributed by atoms with Crippen molar-refractivity contribution < 1.29 is 18.7 Å². The summed E-state index contributed by atoms with van der Waals surface area (Å²) in [5, 5.41) is 5.64. The van der Waals surface area contributed by atoms with Crippen molar-refractivity contribution >= 4 is 17.4 Å². The van der Waals surface area contributed by atoms with Gasteiger partial charge in [-0.05, 0) is 31.5 Å². The molecule has 1 heterocycles. The first-order chi connectivity index (χ1) is 12.6. The van der Waals surface area contributed by atoms with E-state index in [2.05, 4.69) is 15.6 Å². The average Bonchev–Trinajstić information content (AvgIpc) is 3.06. The molecule has 0 saturated carbocycles. The number of likely N-dealkylation sites (N-methyl/N-ethyl adjacent to an activating group) is 1. The highest BCUT2D eigenvalue weighted by molar-refractivity contribution is 6.13. The van der Waals surface area contributed by atoms with Crippen LogP contribution in [0, 0.1) is 5.82 Å². The Bertz CT molecular complexity index is 816. The maximum atomic E-state index is 14.3. The van der Waals surface area contributed by atoms with E-state index in [9.17, 15) is 14.0 Å². The normalized spacial score (nSPS) is 13.4. The highest BCUT2D eigenvalue weighted by atomic mass is 19.1. The van der Waals surface area contributed by atoms with Gasteiger partial charge in [-0.1, -0.05) is 6.92 Å². The summed E-state index contributed by atoms with van der Waals surface area (Å²) >= 11 is 0. The second-order valence-corrected chi connectivity index (χ2v) is 6.13. The van der Waals surface area contributed by atoms with Gasteiger partial charge in [0.1, 0.15) is 18.2 Å². The number of aromatic nitrogens is 1. The van der Waals surface area contributed by atoms with E-state index in [1.54, 1.807) is 6.07 Å². The van der Waals surface area contributed by atoms with Crippen LogP contribution in [0.15, 0.2) is 24.4 Å². The minimum absolute atomic E-state index is 0.0484. The Balaban J connectivity index is 1.68. The number of hydrogen-bond donors (Lipinski definition) is 3. The first-order valence-electron chi connectivity index (χ1n) is 8.78. The molecule has 3 N–H and O–H groups in total. The molecular formula is C19H22FN3O3. The molecule has 0 atom stereocenters. The number of carbonyl (C=O) groups excluding carboxylic acids is 2. The van der Waals surface area contributed by atoms with Gasteiger partial charge in [0, 0.05) is 30.9 Å².